The highest BCUT2D eigenvalue weighted by Gasteiger charge is 2.10. The molecule has 6 heteroatoms. The van der Waals surface area contributed by atoms with Crippen molar-refractivity contribution in [1.29, 1.82) is 0 Å². The van der Waals surface area contributed by atoms with Gasteiger partial charge in [0.25, 0.3) is 0 Å². The number of carbonyl (C=O) groups is 1. The predicted molar refractivity (Wildman–Crippen MR) is 78.3 cm³/mol. The van der Waals surface area contributed by atoms with E-state index in [4.69, 9.17) is 26.2 Å². The molecule has 0 spiro atoms. The third-order valence-corrected chi connectivity index (χ3v) is 2.66. The second-order valence-electron chi connectivity index (χ2n) is 3.82. The van der Waals surface area contributed by atoms with Crippen molar-refractivity contribution in [2.45, 2.75) is 6.92 Å². The standard InChI is InChI=1S/C14H18ClNO4/c1-3-20-14-11(15)8-10(9-12(14)19-2)4-5-13(18)16-6-7-17/h4-5,8-9,17H,3,6-7H2,1-2H3,(H,16,18)/b5-4+. The minimum Gasteiger partial charge on any atom is -0.493 e. The van der Waals surface area contributed by atoms with Crippen LogP contribution in [-0.2, 0) is 4.79 Å². The summed E-state index contributed by atoms with van der Waals surface area (Å²) in [7, 11) is 1.52. The van der Waals surface area contributed by atoms with Crippen LogP contribution in [0.15, 0.2) is 18.2 Å². The summed E-state index contributed by atoms with van der Waals surface area (Å²) in [5.74, 6) is 0.705. The van der Waals surface area contributed by atoms with Crippen molar-refractivity contribution in [3.05, 3.63) is 28.8 Å². The molecule has 1 aromatic rings. The molecule has 0 aliphatic carbocycles. The highest BCUT2D eigenvalue weighted by Crippen LogP contribution is 2.36. The molecule has 0 fully saturated rings. The van der Waals surface area contributed by atoms with E-state index >= 15 is 0 Å². The lowest BCUT2D eigenvalue weighted by molar-refractivity contribution is -0.116. The van der Waals surface area contributed by atoms with E-state index in [0.29, 0.717) is 23.1 Å². The SMILES string of the molecule is CCOc1c(Cl)cc(/C=C/C(=O)NCCO)cc1OC. The van der Waals surface area contributed by atoms with Gasteiger partial charge in [-0.1, -0.05) is 11.6 Å². The van der Waals surface area contributed by atoms with Gasteiger partial charge in [-0.2, -0.15) is 0 Å². The van der Waals surface area contributed by atoms with Crippen molar-refractivity contribution in [3.63, 3.8) is 0 Å². The van der Waals surface area contributed by atoms with E-state index in [1.54, 1.807) is 18.2 Å². The number of rotatable bonds is 7. The molecule has 0 unspecified atom stereocenters. The maximum atomic E-state index is 11.4. The second kappa shape index (κ2) is 8.45. The lowest BCUT2D eigenvalue weighted by atomic mass is 10.2. The monoisotopic (exact) mass is 299 g/mol. The molecule has 1 aromatic carbocycles. The van der Waals surface area contributed by atoms with Crippen LogP contribution >= 0.6 is 11.6 Å². The van der Waals surface area contributed by atoms with Gasteiger partial charge in [-0.3, -0.25) is 4.79 Å². The molecule has 2 N–H and O–H groups in total. The van der Waals surface area contributed by atoms with Gasteiger partial charge >= 0.3 is 0 Å². The fraction of sp³-hybridized carbons (Fsp3) is 0.357. The Balaban J connectivity index is 2.89. The lowest BCUT2D eigenvalue weighted by Crippen LogP contribution is -2.24. The van der Waals surface area contributed by atoms with Crippen LogP contribution in [0.1, 0.15) is 12.5 Å². The largest absolute Gasteiger partial charge is 0.493 e. The normalized spacial score (nSPS) is 10.6. The molecule has 0 aromatic heterocycles. The summed E-state index contributed by atoms with van der Waals surface area (Å²) in [6, 6.07) is 3.41. The number of amides is 1. The third-order valence-electron chi connectivity index (χ3n) is 2.38. The number of carbonyl (C=O) groups excluding carboxylic acids is 1. The van der Waals surface area contributed by atoms with Crippen molar-refractivity contribution in [2.75, 3.05) is 26.9 Å². The molecule has 0 saturated heterocycles. The molecule has 0 aliphatic rings. The van der Waals surface area contributed by atoms with Crippen LogP contribution in [0.3, 0.4) is 0 Å². The van der Waals surface area contributed by atoms with Crippen LogP contribution in [0, 0.1) is 0 Å². The molecule has 1 amide bonds. The molecule has 0 bridgehead atoms. The number of halogens is 1. The zero-order valence-electron chi connectivity index (χ0n) is 11.5. The molecular weight excluding hydrogens is 282 g/mol. The van der Waals surface area contributed by atoms with E-state index in [9.17, 15) is 4.79 Å². The Kier molecular flexibility index (Phi) is 6.90. The Labute approximate surface area is 123 Å². The summed E-state index contributed by atoms with van der Waals surface area (Å²) in [6.07, 6.45) is 2.97. The first kappa shape index (κ1) is 16.3. The Hall–Kier alpha value is -1.72. The molecule has 1 rings (SSSR count). The first-order valence-corrected chi connectivity index (χ1v) is 6.57. The average molecular weight is 300 g/mol. The van der Waals surface area contributed by atoms with Gasteiger partial charge in [-0.05, 0) is 30.7 Å². The maximum Gasteiger partial charge on any atom is 0.244 e. The Morgan fingerprint density at radius 1 is 1.50 bits per heavy atom. The molecule has 5 nitrogen and oxygen atoms in total. The number of hydrogen-bond acceptors (Lipinski definition) is 4. The third kappa shape index (κ3) is 4.75. The topological polar surface area (TPSA) is 67.8 Å². The van der Waals surface area contributed by atoms with Crippen LogP contribution in [0.5, 0.6) is 11.5 Å². The van der Waals surface area contributed by atoms with Crippen LogP contribution in [0.4, 0.5) is 0 Å². The zero-order valence-corrected chi connectivity index (χ0v) is 12.2. The van der Waals surface area contributed by atoms with Crippen molar-refractivity contribution in [2.24, 2.45) is 0 Å². The Morgan fingerprint density at radius 2 is 2.25 bits per heavy atom. The summed E-state index contributed by atoms with van der Waals surface area (Å²) in [5.41, 5.74) is 0.717. The van der Waals surface area contributed by atoms with Crippen LogP contribution in [-0.4, -0.2) is 37.9 Å². The summed E-state index contributed by atoms with van der Waals surface area (Å²) in [4.78, 5) is 11.4. The van der Waals surface area contributed by atoms with Crippen LogP contribution < -0.4 is 14.8 Å². The summed E-state index contributed by atoms with van der Waals surface area (Å²) in [5, 5.41) is 11.5. The number of hydrogen-bond donors (Lipinski definition) is 2. The lowest BCUT2D eigenvalue weighted by Gasteiger charge is -2.11. The highest BCUT2D eigenvalue weighted by atomic mass is 35.5. The fourth-order valence-electron chi connectivity index (χ4n) is 1.53. The molecule has 0 aliphatic heterocycles. The van der Waals surface area contributed by atoms with Gasteiger partial charge in [0.05, 0.1) is 25.3 Å². The van der Waals surface area contributed by atoms with Crippen LogP contribution in [0.2, 0.25) is 5.02 Å². The number of ether oxygens (including phenoxy) is 2. The van der Waals surface area contributed by atoms with E-state index < -0.39 is 0 Å². The summed E-state index contributed by atoms with van der Waals surface area (Å²) >= 11 is 6.12. The van der Waals surface area contributed by atoms with E-state index in [0.717, 1.165) is 5.56 Å². The highest BCUT2D eigenvalue weighted by molar-refractivity contribution is 6.32. The summed E-state index contributed by atoms with van der Waals surface area (Å²) in [6.45, 7) is 2.46. The minimum atomic E-state index is -0.289. The number of nitrogens with one attached hydrogen (secondary N) is 1. The van der Waals surface area contributed by atoms with E-state index in [1.807, 2.05) is 6.92 Å². The smallest absolute Gasteiger partial charge is 0.244 e. The molecule has 110 valence electrons. The molecule has 0 radical (unpaired) electrons. The molecule has 0 heterocycles. The average Bonchev–Trinajstić information content (AvgIpc) is 2.45. The second-order valence-corrected chi connectivity index (χ2v) is 4.22. The van der Waals surface area contributed by atoms with Crippen LogP contribution in [0.25, 0.3) is 6.08 Å². The Bertz CT molecular complexity index is 488. The van der Waals surface area contributed by atoms with E-state index in [1.165, 1.54) is 13.2 Å². The number of methoxy groups -OCH3 is 1. The van der Waals surface area contributed by atoms with Crippen molar-refractivity contribution in [3.8, 4) is 11.5 Å². The quantitative estimate of drug-likeness (QED) is 0.754. The van der Waals surface area contributed by atoms with Gasteiger partial charge in [-0.25, -0.2) is 0 Å². The van der Waals surface area contributed by atoms with Gasteiger partial charge in [0.2, 0.25) is 5.91 Å². The molecular formula is C14H18ClNO4. The first-order chi connectivity index (χ1) is 9.62. The number of benzene rings is 1. The fourth-order valence-corrected chi connectivity index (χ4v) is 1.80. The van der Waals surface area contributed by atoms with Gasteiger partial charge in [-0.15, -0.1) is 0 Å². The first-order valence-electron chi connectivity index (χ1n) is 6.19. The van der Waals surface area contributed by atoms with Crippen molar-refractivity contribution < 1.29 is 19.4 Å². The number of aliphatic hydroxyl groups is 1. The van der Waals surface area contributed by atoms with Gasteiger partial charge in [0.1, 0.15) is 0 Å². The van der Waals surface area contributed by atoms with E-state index in [-0.39, 0.29) is 19.1 Å². The van der Waals surface area contributed by atoms with Gasteiger partial charge in [0, 0.05) is 12.6 Å². The van der Waals surface area contributed by atoms with Crippen molar-refractivity contribution >= 4 is 23.6 Å². The van der Waals surface area contributed by atoms with Gasteiger partial charge < -0.3 is 19.9 Å². The Morgan fingerprint density at radius 3 is 2.85 bits per heavy atom. The molecule has 0 atom stereocenters. The summed E-state index contributed by atoms with van der Waals surface area (Å²) < 4.78 is 10.6. The maximum absolute atomic E-state index is 11.4. The van der Waals surface area contributed by atoms with Crippen molar-refractivity contribution in [1.82, 2.24) is 5.32 Å². The van der Waals surface area contributed by atoms with E-state index in [2.05, 4.69) is 5.32 Å². The zero-order chi connectivity index (χ0) is 15.0. The predicted octanol–water partition coefficient (Wildman–Crippen LogP) is 1.87. The minimum absolute atomic E-state index is 0.0950. The molecule has 0 saturated carbocycles. The number of aliphatic hydroxyl groups excluding tert-OH is 1. The molecule has 20 heavy (non-hydrogen) atoms. The van der Waals surface area contributed by atoms with Gasteiger partial charge in [0.15, 0.2) is 11.5 Å².